The molecular weight excluding hydrogens is 205 g/mol. The third-order valence-corrected chi connectivity index (χ3v) is 2.53. The fourth-order valence-electron chi connectivity index (χ4n) is 1.61. The highest BCUT2D eigenvalue weighted by Gasteiger charge is 2.12. The number of rotatable bonds is 2. The standard InChI is InChI=1S/C13H12FNO/c1-9-12(3-2-8-15-9)13(16)10-4-6-11(14)7-5-10/h2-8,13,16H,1H3. The molecule has 0 fully saturated rings. The Morgan fingerprint density at radius 1 is 1.19 bits per heavy atom. The third kappa shape index (κ3) is 2.09. The van der Waals surface area contributed by atoms with E-state index in [1.54, 1.807) is 24.4 Å². The molecule has 1 heterocycles. The van der Waals surface area contributed by atoms with Gasteiger partial charge in [0.05, 0.1) is 0 Å². The molecule has 1 N–H and O–H groups in total. The fraction of sp³-hybridized carbons (Fsp3) is 0.154. The highest BCUT2D eigenvalue weighted by Crippen LogP contribution is 2.23. The summed E-state index contributed by atoms with van der Waals surface area (Å²) >= 11 is 0. The Bertz CT molecular complexity index is 482. The van der Waals surface area contributed by atoms with E-state index in [2.05, 4.69) is 4.98 Å². The van der Waals surface area contributed by atoms with Crippen molar-refractivity contribution in [3.05, 3.63) is 65.2 Å². The van der Waals surface area contributed by atoms with Gasteiger partial charge in [0.25, 0.3) is 0 Å². The van der Waals surface area contributed by atoms with Crippen LogP contribution in [-0.2, 0) is 0 Å². The molecule has 1 aromatic heterocycles. The van der Waals surface area contributed by atoms with Crippen molar-refractivity contribution in [2.24, 2.45) is 0 Å². The molecule has 0 saturated carbocycles. The fourth-order valence-corrected chi connectivity index (χ4v) is 1.61. The number of pyridine rings is 1. The molecule has 1 atom stereocenters. The van der Waals surface area contributed by atoms with Gasteiger partial charge in [-0.2, -0.15) is 0 Å². The summed E-state index contributed by atoms with van der Waals surface area (Å²) in [6.45, 7) is 1.84. The minimum Gasteiger partial charge on any atom is -0.384 e. The lowest BCUT2D eigenvalue weighted by Crippen LogP contribution is -2.03. The molecule has 0 spiro atoms. The van der Waals surface area contributed by atoms with Crippen LogP contribution in [-0.4, -0.2) is 10.1 Å². The zero-order chi connectivity index (χ0) is 11.5. The second kappa shape index (κ2) is 4.41. The number of hydrogen-bond donors (Lipinski definition) is 1. The minimum atomic E-state index is -0.755. The topological polar surface area (TPSA) is 33.1 Å². The average Bonchev–Trinajstić information content (AvgIpc) is 2.30. The predicted octanol–water partition coefficient (Wildman–Crippen LogP) is 2.61. The number of aryl methyl sites for hydroxylation is 1. The van der Waals surface area contributed by atoms with Crippen LogP contribution in [0.1, 0.15) is 22.9 Å². The van der Waals surface area contributed by atoms with Crippen LogP contribution in [0, 0.1) is 12.7 Å². The van der Waals surface area contributed by atoms with Crippen molar-refractivity contribution in [2.45, 2.75) is 13.0 Å². The summed E-state index contributed by atoms with van der Waals surface area (Å²) in [5.41, 5.74) is 2.19. The average molecular weight is 217 g/mol. The van der Waals surface area contributed by atoms with Crippen LogP contribution in [0.3, 0.4) is 0 Å². The van der Waals surface area contributed by atoms with Gasteiger partial charge in [0.2, 0.25) is 0 Å². The molecular formula is C13H12FNO. The van der Waals surface area contributed by atoms with Crippen molar-refractivity contribution in [2.75, 3.05) is 0 Å². The molecule has 0 aliphatic heterocycles. The third-order valence-electron chi connectivity index (χ3n) is 2.53. The van der Waals surface area contributed by atoms with E-state index in [0.717, 1.165) is 11.3 Å². The molecule has 2 rings (SSSR count). The van der Waals surface area contributed by atoms with Crippen LogP contribution in [0.15, 0.2) is 42.6 Å². The first-order valence-electron chi connectivity index (χ1n) is 5.03. The lowest BCUT2D eigenvalue weighted by molar-refractivity contribution is 0.219. The van der Waals surface area contributed by atoms with Crippen molar-refractivity contribution in [1.29, 1.82) is 0 Å². The molecule has 0 aliphatic rings. The van der Waals surface area contributed by atoms with Crippen molar-refractivity contribution >= 4 is 0 Å². The van der Waals surface area contributed by atoms with E-state index in [1.165, 1.54) is 12.1 Å². The second-order valence-electron chi connectivity index (χ2n) is 3.63. The summed E-state index contributed by atoms with van der Waals surface area (Å²) in [5, 5.41) is 10.1. The van der Waals surface area contributed by atoms with Gasteiger partial charge in [0, 0.05) is 17.5 Å². The Labute approximate surface area is 93.4 Å². The van der Waals surface area contributed by atoms with Crippen LogP contribution >= 0.6 is 0 Å². The smallest absolute Gasteiger partial charge is 0.123 e. The number of nitrogens with zero attached hydrogens (tertiary/aromatic N) is 1. The lowest BCUT2D eigenvalue weighted by atomic mass is 10.0. The van der Waals surface area contributed by atoms with Crippen LogP contribution < -0.4 is 0 Å². The molecule has 0 amide bonds. The van der Waals surface area contributed by atoms with Gasteiger partial charge in [-0.3, -0.25) is 4.98 Å². The maximum absolute atomic E-state index is 12.7. The molecule has 2 aromatic rings. The summed E-state index contributed by atoms with van der Waals surface area (Å²) in [7, 11) is 0. The van der Waals surface area contributed by atoms with E-state index in [4.69, 9.17) is 0 Å². The Kier molecular flexibility index (Phi) is 2.97. The Balaban J connectivity index is 2.35. The first-order valence-corrected chi connectivity index (χ1v) is 5.03. The van der Waals surface area contributed by atoms with Gasteiger partial charge >= 0.3 is 0 Å². The van der Waals surface area contributed by atoms with E-state index in [1.807, 2.05) is 13.0 Å². The van der Waals surface area contributed by atoms with Crippen molar-refractivity contribution < 1.29 is 9.50 Å². The molecule has 1 unspecified atom stereocenters. The van der Waals surface area contributed by atoms with Crippen molar-refractivity contribution in [3.63, 3.8) is 0 Å². The van der Waals surface area contributed by atoms with Gasteiger partial charge in [-0.1, -0.05) is 18.2 Å². The molecule has 0 aliphatic carbocycles. The normalized spacial score (nSPS) is 12.4. The van der Waals surface area contributed by atoms with Gasteiger partial charge in [0.15, 0.2) is 0 Å². The van der Waals surface area contributed by atoms with Gasteiger partial charge in [-0.15, -0.1) is 0 Å². The first kappa shape index (κ1) is 10.8. The number of aliphatic hydroxyl groups excluding tert-OH is 1. The van der Waals surface area contributed by atoms with Gasteiger partial charge in [0.1, 0.15) is 11.9 Å². The quantitative estimate of drug-likeness (QED) is 0.838. The maximum atomic E-state index is 12.7. The summed E-state index contributed by atoms with van der Waals surface area (Å²) in [5.74, 6) is -0.307. The number of aliphatic hydroxyl groups is 1. The van der Waals surface area contributed by atoms with E-state index in [-0.39, 0.29) is 5.82 Å². The maximum Gasteiger partial charge on any atom is 0.123 e. The van der Waals surface area contributed by atoms with Crippen LogP contribution in [0.4, 0.5) is 4.39 Å². The van der Waals surface area contributed by atoms with Gasteiger partial charge in [-0.05, 0) is 30.7 Å². The van der Waals surface area contributed by atoms with Crippen LogP contribution in [0.2, 0.25) is 0 Å². The second-order valence-corrected chi connectivity index (χ2v) is 3.63. The molecule has 1 aromatic carbocycles. The summed E-state index contributed by atoms with van der Waals surface area (Å²) in [4.78, 5) is 4.11. The summed E-state index contributed by atoms with van der Waals surface area (Å²) in [6.07, 6.45) is 0.922. The van der Waals surface area contributed by atoms with Gasteiger partial charge in [-0.25, -0.2) is 4.39 Å². The number of hydrogen-bond acceptors (Lipinski definition) is 2. The highest BCUT2D eigenvalue weighted by atomic mass is 19.1. The lowest BCUT2D eigenvalue weighted by Gasteiger charge is -2.13. The number of halogens is 1. The first-order chi connectivity index (χ1) is 7.68. The summed E-state index contributed by atoms with van der Waals surface area (Å²) < 4.78 is 12.7. The SMILES string of the molecule is Cc1ncccc1C(O)c1ccc(F)cc1. The molecule has 0 saturated heterocycles. The zero-order valence-corrected chi connectivity index (χ0v) is 8.89. The molecule has 0 radical (unpaired) electrons. The van der Waals surface area contributed by atoms with E-state index in [0.29, 0.717) is 5.56 Å². The molecule has 2 nitrogen and oxygen atoms in total. The molecule has 82 valence electrons. The van der Waals surface area contributed by atoms with E-state index < -0.39 is 6.10 Å². The minimum absolute atomic E-state index is 0.307. The van der Waals surface area contributed by atoms with Crippen LogP contribution in [0.5, 0.6) is 0 Å². The summed E-state index contributed by atoms with van der Waals surface area (Å²) in [6, 6.07) is 9.42. The Hall–Kier alpha value is -1.74. The molecule has 0 bridgehead atoms. The van der Waals surface area contributed by atoms with E-state index in [9.17, 15) is 9.50 Å². The highest BCUT2D eigenvalue weighted by molar-refractivity contribution is 5.31. The van der Waals surface area contributed by atoms with Crippen molar-refractivity contribution in [3.8, 4) is 0 Å². The Morgan fingerprint density at radius 2 is 1.88 bits per heavy atom. The van der Waals surface area contributed by atoms with Crippen molar-refractivity contribution in [1.82, 2.24) is 4.98 Å². The number of aromatic nitrogens is 1. The molecule has 16 heavy (non-hydrogen) atoms. The largest absolute Gasteiger partial charge is 0.384 e. The molecule has 3 heteroatoms. The van der Waals surface area contributed by atoms with Crippen LogP contribution in [0.25, 0.3) is 0 Å². The Morgan fingerprint density at radius 3 is 2.50 bits per heavy atom. The number of benzene rings is 1. The monoisotopic (exact) mass is 217 g/mol. The zero-order valence-electron chi connectivity index (χ0n) is 8.89. The van der Waals surface area contributed by atoms with Gasteiger partial charge < -0.3 is 5.11 Å². The van der Waals surface area contributed by atoms with E-state index >= 15 is 0 Å². The predicted molar refractivity (Wildman–Crippen MR) is 59.4 cm³/mol.